The maximum Gasteiger partial charge on any atom is 0.418 e. The van der Waals surface area contributed by atoms with Gasteiger partial charge in [0.15, 0.2) is 0 Å². The number of aromatic nitrogens is 2. The fraction of sp³-hybridized carbons (Fsp3) is 0.389. The average molecular weight is 379 g/mol. The normalized spacial score (nSPS) is 14.9. The monoisotopic (exact) mass is 379 g/mol. The van der Waals surface area contributed by atoms with E-state index in [1.165, 1.54) is 18.2 Å². The van der Waals surface area contributed by atoms with E-state index in [-0.39, 0.29) is 24.6 Å². The summed E-state index contributed by atoms with van der Waals surface area (Å²) in [6.07, 6.45) is -0.952. The Labute approximate surface area is 155 Å². The Morgan fingerprint density at radius 2 is 1.70 bits per heavy atom. The van der Waals surface area contributed by atoms with Gasteiger partial charge in [-0.2, -0.15) is 13.2 Å². The van der Waals surface area contributed by atoms with Crippen molar-refractivity contribution in [3.8, 4) is 0 Å². The van der Waals surface area contributed by atoms with E-state index in [9.17, 15) is 18.0 Å². The number of benzene rings is 1. The number of hydrogen-bond acceptors (Lipinski definition) is 5. The van der Waals surface area contributed by atoms with Crippen LogP contribution in [0.15, 0.2) is 42.7 Å². The van der Waals surface area contributed by atoms with E-state index >= 15 is 0 Å². The highest BCUT2D eigenvalue weighted by molar-refractivity contribution is 5.77. The Bertz CT molecular complexity index is 761. The van der Waals surface area contributed by atoms with Gasteiger partial charge >= 0.3 is 6.18 Å². The van der Waals surface area contributed by atoms with E-state index in [4.69, 9.17) is 0 Å². The van der Waals surface area contributed by atoms with E-state index in [2.05, 4.69) is 15.3 Å². The SMILES string of the molecule is O=C(CCNc1ccccc1C(F)(F)F)N1CCN(c2ncccn2)CC1. The predicted octanol–water partition coefficient (Wildman–Crippen LogP) is 2.65. The molecule has 0 bridgehead atoms. The molecule has 1 aromatic heterocycles. The van der Waals surface area contributed by atoms with Crippen LogP contribution in [-0.2, 0) is 11.0 Å². The van der Waals surface area contributed by atoms with Crippen molar-refractivity contribution in [1.82, 2.24) is 14.9 Å². The fourth-order valence-electron chi connectivity index (χ4n) is 2.96. The van der Waals surface area contributed by atoms with Gasteiger partial charge in [-0.1, -0.05) is 12.1 Å². The highest BCUT2D eigenvalue weighted by Gasteiger charge is 2.33. The van der Waals surface area contributed by atoms with Crippen LogP contribution in [0.4, 0.5) is 24.8 Å². The minimum absolute atomic E-state index is 0.0103. The molecule has 3 rings (SSSR count). The minimum atomic E-state index is -4.43. The Morgan fingerprint density at radius 3 is 2.37 bits per heavy atom. The lowest BCUT2D eigenvalue weighted by Crippen LogP contribution is -2.49. The van der Waals surface area contributed by atoms with Crippen molar-refractivity contribution in [1.29, 1.82) is 0 Å². The van der Waals surface area contributed by atoms with Crippen LogP contribution in [0.3, 0.4) is 0 Å². The zero-order chi connectivity index (χ0) is 19.3. The molecule has 1 saturated heterocycles. The van der Waals surface area contributed by atoms with Crippen LogP contribution in [0, 0.1) is 0 Å². The maximum atomic E-state index is 13.0. The second-order valence-corrected chi connectivity index (χ2v) is 6.14. The van der Waals surface area contributed by atoms with Gasteiger partial charge in [0.2, 0.25) is 11.9 Å². The summed E-state index contributed by atoms with van der Waals surface area (Å²) in [4.78, 5) is 24.4. The van der Waals surface area contributed by atoms with Crippen molar-refractivity contribution >= 4 is 17.5 Å². The van der Waals surface area contributed by atoms with Gasteiger partial charge in [-0.3, -0.25) is 4.79 Å². The lowest BCUT2D eigenvalue weighted by atomic mass is 10.1. The molecule has 1 aliphatic heterocycles. The third kappa shape index (κ3) is 4.87. The van der Waals surface area contributed by atoms with Crippen LogP contribution >= 0.6 is 0 Å². The van der Waals surface area contributed by atoms with E-state index in [0.29, 0.717) is 32.1 Å². The van der Waals surface area contributed by atoms with Crippen molar-refractivity contribution in [3.63, 3.8) is 0 Å². The largest absolute Gasteiger partial charge is 0.418 e. The number of anilines is 2. The van der Waals surface area contributed by atoms with Gasteiger partial charge in [0, 0.05) is 57.2 Å². The summed E-state index contributed by atoms with van der Waals surface area (Å²) in [5, 5.41) is 2.73. The highest BCUT2D eigenvalue weighted by atomic mass is 19.4. The van der Waals surface area contributed by atoms with Gasteiger partial charge < -0.3 is 15.1 Å². The molecule has 2 heterocycles. The lowest BCUT2D eigenvalue weighted by molar-refractivity contribution is -0.137. The first-order valence-corrected chi connectivity index (χ1v) is 8.65. The van der Waals surface area contributed by atoms with Crippen LogP contribution in [0.5, 0.6) is 0 Å². The molecule has 0 atom stereocenters. The smallest absolute Gasteiger partial charge is 0.384 e. The second-order valence-electron chi connectivity index (χ2n) is 6.14. The molecule has 0 saturated carbocycles. The summed E-state index contributed by atoms with van der Waals surface area (Å²) >= 11 is 0. The Balaban J connectivity index is 1.47. The Kier molecular flexibility index (Phi) is 5.78. The van der Waals surface area contributed by atoms with E-state index in [1.54, 1.807) is 23.4 Å². The number of halogens is 3. The van der Waals surface area contributed by atoms with Gasteiger partial charge in [0.05, 0.1) is 5.56 Å². The van der Waals surface area contributed by atoms with Gasteiger partial charge in [-0.15, -0.1) is 0 Å². The van der Waals surface area contributed by atoms with Crippen LogP contribution < -0.4 is 10.2 Å². The summed E-state index contributed by atoms with van der Waals surface area (Å²) in [6.45, 7) is 2.47. The minimum Gasteiger partial charge on any atom is -0.384 e. The summed E-state index contributed by atoms with van der Waals surface area (Å²) < 4.78 is 38.9. The first-order valence-electron chi connectivity index (χ1n) is 8.65. The molecule has 1 amide bonds. The van der Waals surface area contributed by atoms with Gasteiger partial charge in [0.1, 0.15) is 0 Å². The van der Waals surface area contributed by atoms with Crippen molar-refractivity contribution < 1.29 is 18.0 Å². The number of nitrogens with zero attached hydrogens (tertiary/aromatic N) is 4. The average Bonchev–Trinajstić information content (AvgIpc) is 2.68. The third-order valence-corrected chi connectivity index (χ3v) is 4.35. The summed E-state index contributed by atoms with van der Waals surface area (Å²) in [5.41, 5.74) is -0.738. The zero-order valence-electron chi connectivity index (χ0n) is 14.6. The molecule has 1 aromatic carbocycles. The van der Waals surface area contributed by atoms with E-state index in [0.717, 1.165) is 6.07 Å². The molecule has 0 aliphatic carbocycles. The van der Waals surface area contributed by atoms with Crippen molar-refractivity contribution in [2.45, 2.75) is 12.6 Å². The highest BCUT2D eigenvalue weighted by Crippen LogP contribution is 2.34. The topological polar surface area (TPSA) is 61.4 Å². The number of piperazine rings is 1. The number of alkyl halides is 3. The first kappa shape index (κ1) is 18.9. The maximum absolute atomic E-state index is 13.0. The van der Waals surface area contributed by atoms with Crippen molar-refractivity contribution in [3.05, 3.63) is 48.3 Å². The molecule has 1 aliphatic rings. The molecule has 2 aromatic rings. The number of para-hydroxylation sites is 1. The lowest BCUT2D eigenvalue weighted by Gasteiger charge is -2.34. The van der Waals surface area contributed by atoms with Crippen LogP contribution in [0.25, 0.3) is 0 Å². The summed E-state index contributed by atoms with van der Waals surface area (Å²) in [5.74, 6) is 0.552. The molecular formula is C18H20F3N5O. The molecule has 0 unspecified atom stereocenters. The number of amides is 1. The fourth-order valence-corrected chi connectivity index (χ4v) is 2.96. The van der Waals surface area contributed by atoms with Crippen LogP contribution in [-0.4, -0.2) is 53.5 Å². The standard InChI is InChI=1S/C18H20F3N5O/c19-18(20,21)14-4-1-2-5-15(14)22-9-6-16(27)25-10-12-26(13-11-25)17-23-7-3-8-24-17/h1-5,7-8,22H,6,9-13H2. The summed E-state index contributed by atoms with van der Waals surface area (Å²) in [6, 6.07) is 7.01. The molecule has 144 valence electrons. The number of carbonyl (C=O) groups excluding carboxylic acids is 1. The first-order chi connectivity index (χ1) is 12.9. The number of rotatable bonds is 5. The van der Waals surface area contributed by atoms with Gasteiger partial charge in [0.25, 0.3) is 0 Å². The van der Waals surface area contributed by atoms with Crippen LogP contribution in [0.1, 0.15) is 12.0 Å². The van der Waals surface area contributed by atoms with E-state index < -0.39 is 11.7 Å². The Morgan fingerprint density at radius 1 is 1.04 bits per heavy atom. The molecule has 1 N–H and O–H groups in total. The Hall–Kier alpha value is -2.84. The zero-order valence-corrected chi connectivity index (χ0v) is 14.6. The third-order valence-electron chi connectivity index (χ3n) is 4.35. The molecular weight excluding hydrogens is 359 g/mol. The van der Waals surface area contributed by atoms with Crippen LogP contribution in [0.2, 0.25) is 0 Å². The molecule has 0 spiro atoms. The molecule has 1 fully saturated rings. The molecule has 6 nitrogen and oxygen atoms in total. The second kappa shape index (κ2) is 8.24. The molecule has 0 radical (unpaired) electrons. The van der Waals surface area contributed by atoms with Crippen molar-refractivity contribution in [2.24, 2.45) is 0 Å². The predicted molar refractivity (Wildman–Crippen MR) is 95.4 cm³/mol. The van der Waals surface area contributed by atoms with Gasteiger partial charge in [-0.25, -0.2) is 9.97 Å². The quantitative estimate of drug-likeness (QED) is 0.866. The van der Waals surface area contributed by atoms with Gasteiger partial charge in [-0.05, 0) is 18.2 Å². The number of hydrogen-bond donors (Lipinski definition) is 1. The summed E-state index contributed by atoms with van der Waals surface area (Å²) in [7, 11) is 0. The number of nitrogens with one attached hydrogen (secondary N) is 1. The molecule has 27 heavy (non-hydrogen) atoms. The van der Waals surface area contributed by atoms with Crippen molar-refractivity contribution in [2.75, 3.05) is 42.9 Å². The van der Waals surface area contributed by atoms with E-state index in [1.807, 2.05) is 4.90 Å². The molecule has 9 heteroatoms. The number of carbonyl (C=O) groups is 1.